The van der Waals surface area contributed by atoms with Crippen molar-refractivity contribution in [3.8, 4) is 11.4 Å². The summed E-state index contributed by atoms with van der Waals surface area (Å²) >= 11 is 3.43. The van der Waals surface area contributed by atoms with Crippen LogP contribution in [0.5, 0.6) is 0 Å². The van der Waals surface area contributed by atoms with Crippen LogP contribution in [-0.4, -0.2) is 35.2 Å². The van der Waals surface area contributed by atoms with Crippen molar-refractivity contribution < 1.29 is 14.2 Å². The van der Waals surface area contributed by atoms with Gasteiger partial charge < -0.3 is 14.7 Å². The molecule has 0 aliphatic rings. The molecular formula is C16H22BrN4O2+. The van der Waals surface area contributed by atoms with Crippen molar-refractivity contribution in [1.29, 1.82) is 0 Å². The summed E-state index contributed by atoms with van der Waals surface area (Å²) in [5.74, 6) is 1.13. The summed E-state index contributed by atoms with van der Waals surface area (Å²) in [5.41, 5.74) is 0.893. The second-order valence-corrected chi connectivity index (χ2v) is 6.62. The molecule has 1 aromatic heterocycles. The number of quaternary nitrogens is 1. The smallest absolute Gasteiger partial charge is 0.282 e. The number of nitrogens with one attached hydrogen (secondary N) is 2. The lowest BCUT2D eigenvalue weighted by atomic mass is 10.2. The molecule has 2 rings (SSSR count). The number of hydrogen-bond acceptors (Lipinski definition) is 4. The van der Waals surface area contributed by atoms with Gasteiger partial charge in [0.25, 0.3) is 11.8 Å². The molecule has 1 unspecified atom stereocenters. The molecule has 2 N–H and O–H groups in total. The highest BCUT2D eigenvalue weighted by Crippen LogP contribution is 2.20. The zero-order valence-corrected chi connectivity index (χ0v) is 15.2. The summed E-state index contributed by atoms with van der Waals surface area (Å²) in [5, 5.41) is 6.92. The molecule has 0 spiro atoms. The van der Waals surface area contributed by atoms with Crippen LogP contribution in [0, 0.1) is 0 Å². The maximum Gasteiger partial charge on any atom is 0.282 e. The minimum absolute atomic E-state index is 0.0311. The lowest BCUT2D eigenvalue weighted by molar-refractivity contribution is -0.905. The Morgan fingerprint density at radius 3 is 2.87 bits per heavy atom. The first-order valence-corrected chi connectivity index (χ1v) is 8.48. The summed E-state index contributed by atoms with van der Waals surface area (Å²) < 4.78 is 6.29. The predicted molar refractivity (Wildman–Crippen MR) is 90.8 cm³/mol. The van der Waals surface area contributed by atoms with Gasteiger partial charge in [-0.1, -0.05) is 33.2 Å². The molecule has 124 valence electrons. The van der Waals surface area contributed by atoms with Gasteiger partial charge in [-0.3, -0.25) is 4.79 Å². The lowest BCUT2D eigenvalue weighted by Gasteiger charge is -2.16. The van der Waals surface area contributed by atoms with E-state index in [4.69, 9.17) is 4.52 Å². The number of likely N-dealkylation sites (N-methyl/N-ethyl adjacent to an activating group) is 1. The van der Waals surface area contributed by atoms with E-state index in [9.17, 15) is 4.79 Å². The Bertz CT molecular complexity index is 657. The van der Waals surface area contributed by atoms with E-state index in [0.29, 0.717) is 24.8 Å². The summed E-state index contributed by atoms with van der Waals surface area (Å²) in [4.78, 5) is 17.4. The second kappa shape index (κ2) is 8.21. The highest BCUT2D eigenvalue weighted by Gasteiger charge is 2.18. The van der Waals surface area contributed by atoms with Gasteiger partial charge in [-0.25, -0.2) is 0 Å². The molecule has 7 heteroatoms. The minimum Gasteiger partial charge on any atom is -0.349 e. The molecule has 0 saturated heterocycles. The van der Waals surface area contributed by atoms with E-state index in [1.807, 2.05) is 45.0 Å². The summed E-state index contributed by atoms with van der Waals surface area (Å²) in [6.45, 7) is 7.66. The van der Waals surface area contributed by atoms with Crippen molar-refractivity contribution >= 4 is 21.8 Å². The predicted octanol–water partition coefficient (Wildman–Crippen LogP) is 1.43. The molecule has 1 heterocycles. The van der Waals surface area contributed by atoms with Gasteiger partial charge in [-0.2, -0.15) is 4.98 Å². The van der Waals surface area contributed by atoms with Crippen LogP contribution in [-0.2, 0) is 11.3 Å². The van der Waals surface area contributed by atoms with Gasteiger partial charge in [-0.15, -0.1) is 0 Å². The number of hydrogen-bond donors (Lipinski definition) is 2. The third kappa shape index (κ3) is 5.44. The standard InChI is InChI=1S/C16H21BrN4O2/c1-4-21(9-14(22)18-11(2)3)10-15-19-16(20-23-15)12-6-5-7-13(17)8-12/h5-8,11H,4,9-10H2,1-3H3,(H,18,22)/p+1. The molecule has 0 fully saturated rings. The third-order valence-electron chi connectivity index (χ3n) is 3.31. The average molecular weight is 382 g/mol. The molecule has 1 amide bonds. The first kappa shape index (κ1) is 17.6. The molecule has 2 aromatic rings. The largest absolute Gasteiger partial charge is 0.349 e. The van der Waals surface area contributed by atoms with E-state index >= 15 is 0 Å². The molecule has 23 heavy (non-hydrogen) atoms. The summed E-state index contributed by atoms with van der Waals surface area (Å²) in [7, 11) is 0. The number of carbonyl (C=O) groups excluding carboxylic acids is 1. The Kier molecular flexibility index (Phi) is 6.29. The van der Waals surface area contributed by atoms with Gasteiger partial charge >= 0.3 is 0 Å². The van der Waals surface area contributed by atoms with Gasteiger partial charge in [-0.05, 0) is 32.9 Å². The van der Waals surface area contributed by atoms with Gasteiger partial charge in [0.1, 0.15) is 0 Å². The highest BCUT2D eigenvalue weighted by molar-refractivity contribution is 9.10. The van der Waals surface area contributed by atoms with Crippen LogP contribution in [0.4, 0.5) is 0 Å². The van der Waals surface area contributed by atoms with Crippen LogP contribution >= 0.6 is 15.9 Å². The second-order valence-electron chi connectivity index (χ2n) is 5.70. The Labute approximate surface area is 144 Å². The van der Waals surface area contributed by atoms with Gasteiger partial charge in [0.05, 0.1) is 6.54 Å². The average Bonchev–Trinajstić information content (AvgIpc) is 2.94. The van der Waals surface area contributed by atoms with E-state index in [1.54, 1.807) is 0 Å². The number of halogens is 1. The molecule has 0 bridgehead atoms. The summed E-state index contributed by atoms with van der Waals surface area (Å²) in [6.07, 6.45) is 0. The van der Waals surface area contributed by atoms with Crippen molar-refractivity contribution in [1.82, 2.24) is 15.5 Å². The van der Waals surface area contributed by atoms with Crippen LogP contribution < -0.4 is 10.2 Å². The summed E-state index contributed by atoms with van der Waals surface area (Å²) in [6, 6.07) is 7.89. The molecule has 1 aromatic carbocycles. The SMILES string of the molecule is CC[NH+](CC(=O)NC(C)C)Cc1nc(-c2cccc(Br)c2)no1. The number of aromatic nitrogens is 2. The normalized spacial score (nSPS) is 12.4. The maximum atomic E-state index is 11.9. The Hall–Kier alpha value is -1.73. The molecule has 0 saturated carbocycles. The quantitative estimate of drug-likeness (QED) is 0.760. The van der Waals surface area contributed by atoms with Crippen molar-refractivity contribution in [2.45, 2.75) is 33.4 Å². The Morgan fingerprint density at radius 1 is 1.43 bits per heavy atom. The molecule has 0 aliphatic heterocycles. The Morgan fingerprint density at radius 2 is 2.22 bits per heavy atom. The van der Waals surface area contributed by atoms with E-state index in [-0.39, 0.29) is 11.9 Å². The minimum atomic E-state index is 0.0311. The highest BCUT2D eigenvalue weighted by atomic mass is 79.9. The zero-order chi connectivity index (χ0) is 16.8. The van der Waals surface area contributed by atoms with Crippen LogP contribution in [0.3, 0.4) is 0 Å². The first-order valence-electron chi connectivity index (χ1n) is 7.69. The van der Waals surface area contributed by atoms with Crippen molar-refractivity contribution in [2.75, 3.05) is 13.1 Å². The van der Waals surface area contributed by atoms with Crippen molar-refractivity contribution in [2.24, 2.45) is 0 Å². The number of rotatable bonds is 7. The molecule has 0 radical (unpaired) electrons. The van der Waals surface area contributed by atoms with Crippen molar-refractivity contribution in [3.63, 3.8) is 0 Å². The molecule has 1 atom stereocenters. The number of nitrogens with zero attached hydrogens (tertiary/aromatic N) is 2. The topological polar surface area (TPSA) is 72.5 Å². The fourth-order valence-electron chi connectivity index (χ4n) is 2.20. The molecule has 0 aliphatic carbocycles. The number of benzene rings is 1. The van der Waals surface area contributed by atoms with Gasteiger partial charge in [0.15, 0.2) is 13.1 Å². The van der Waals surface area contributed by atoms with E-state index in [2.05, 4.69) is 31.4 Å². The van der Waals surface area contributed by atoms with E-state index in [1.165, 1.54) is 0 Å². The van der Waals surface area contributed by atoms with Crippen LogP contribution in [0.25, 0.3) is 11.4 Å². The third-order valence-corrected chi connectivity index (χ3v) is 3.81. The van der Waals surface area contributed by atoms with Crippen LogP contribution in [0.1, 0.15) is 26.7 Å². The van der Waals surface area contributed by atoms with E-state index in [0.717, 1.165) is 21.5 Å². The molecule has 6 nitrogen and oxygen atoms in total. The monoisotopic (exact) mass is 381 g/mol. The molecular weight excluding hydrogens is 360 g/mol. The maximum absolute atomic E-state index is 11.9. The fourth-order valence-corrected chi connectivity index (χ4v) is 2.60. The van der Waals surface area contributed by atoms with Crippen LogP contribution in [0.15, 0.2) is 33.3 Å². The van der Waals surface area contributed by atoms with Crippen LogP contribution in [0.2, 0.25) is 0 Å². The van der Waals surface area contributed by atoms with Crippen molar-refractivity contribution in [3.05, 3.63) is 34.6 Å². The lowest BCUT2D eigenvalue weighted by Crippen LogP contribution is -3.11. The van der Waals surface area contributed by atoms with E-state index < -0.39 is 0 Å². The first-order chi connectivity index (χ1) is 11.0. The van der Waals surface area contributed by atoms with Gasteiger partial charge in [0, 0.05) is 16.1 Å². The fraction of sp³-hybridized carbons (Fsp3) is 0.438. The Balaban J connectivity index is 2.01. The zero-order valence-electron chi connectivity index (χ0n) is 13.6. The van der Waals surface area contributed by atoms with Gasteiger partial charge in [0.2, 0.25) is 5.82 Å². The number of amides is 1. The number of carbonyl (C=O) groups is 1.